The molecule has 0 spiro atoms. The Hall–Kier alpha value is -1.77. The number of aromatic nitrogens is 2. The Kier molecular flexibility index (Phi) is 3.51. The first-order valence-corrected chi connectivity index (χ1v) is 7.53. The lowest BCUT2D eigenvalue weighted by Crippen LogP contribution is -2.17. The third-order valence-electron chi connectivity index (χ3n) is 4.00. The molecule has 1 aromatic heterocycles. The van der Waals surface area contributed by atoms with Crippen molar-refractivity contribution in [2.24, 2.45) is 0 Å². The van der Waals surface area contributed by atoms with Crippen molar-refractivity contribution in [3.05, 3.63) is 41.2 Å². The fourth-order valence-electron chi connectivity index (χ4n) is 3.14. The van der Waals surface area contributed by atoms with Gasteiger partial charge in [-0.15, -0.1) is 0 Å². The third-order valence-corrected chi connectivity index (χ3v) is 4.00. The van der Waals surface area contributed by atoms with Crippen LogP contribution in [0.5, 0.6) is 0 Å². The largest absolute Gasteiger partial charge is 0.353 e. The molecule has 3 heteroatoms. The van der Waals surface area contributed by atoms with Crippen molar-refractivity contribution in [2.75, 3.05) is 5.32 Å². The van der Waals surface area contributed by atoms with Crippen molar-refractivity contribution < 1.29 is 0 Å². The monoisotopic (exact) mass is 269 g/mol. The van der Waals surface area contributed by atoms with Crippen LogP contribution in [0.1, 0.15) is 42.5 Å². The van der Waals surface area contributed by atoms with Crippen molar-refractivity contribution in [3.63, 3.8) is 0 Å². The SMILES string of the molecule is Cc1cc(C)cc(-n2cc(C)nc2NC2CCCC2)c1. The van der Waals surface area contributed by atoms with Gasteiger partial charge in [-0.1, -0.05) is 18.9 Å². The van der Waals surface area contributed by atoms with Crippen molar-refractivity contribution >= 4 is 5.95 Å². The van der Waals surface area contributed by atoms with Crippen LogP contribution in [0.4, 0.5) is 5.95 Å². The summed E-state index contributed by atoms with van der Waals surface area (Å²) >= 11 is 0. The number of rotatable bonds is 3. The van der Waals surface area contributed by atoms with Crippen molar-refractivity contribution in [2.45, 2.75) is 52.5 Å². The molecule has 0 radical (unpaired) electrons. The normalized spacial score (nSPS) is 15.8. The highest BCUT2D eigenvalue weighted by atomic mass is 15.2. The molecule has 1 aromatic carbocycles. The Balaban J connectivity index is 1.95. The van der Waals surface area contributed by atoms with Crippen molar-refractivity contribution in [1.82, 2.24) is 9.55 Å². The van der Waals surface area contributed by atoms with E-state index in [9.17, 15) is 0 Å². The van der Waals surface area contributed by atoms with E-state index in [0.29, 0.717) is 6.04 Å². The number of nitrogens with one attached hydrogen (secondary N) is 1. The first kappa shape index (κ1) is 13.2. The molecular formula is C17H23N3. The molecule has 0 unspecified atom stereocenters. The van der Waals surface area contributed by atoms with Crippen molar-refractivity contribution in [1.29, 1.82) is 0 Å². The Morgan fingerprint density at radius 1 is 1.05 bits per heavy atom. The maximum Gasteiger partial charge on any atom is 0.207 e. The molecule has 3 nitrogen and oxygen atoms in total. The van der Waals surface area contributed by atoms with E-state index in [1.54, 1.807) is 0 Å². The minimum atomic E-state index is 0.585. The van der Waals surface area contributed by atoms with E-state index < -0.39 is 0 Å². The molecule has 1 fully saturated rings. The van der Waals surface area contributed by atoms with Gasteiger partial charge in [-0.25, -0.2) is 4.98 Å². The fourth-order valence-corrected chi connectivity index (χ4v) is 3.14. The van der Waals surface area contributed by atoms with Crippen LogP contribution in [0.15, 0.2) is 24.4 Å². The summed E-state index contributed by atoms with van der Waals surface area (Å²) in [6.45, 7) is 6.34. The van der Waals surface area contributed by atoms with Crippen LogP contribution in [0.25, 0.3) is 5.69 Å². The van der Waals surface area contributed by atoms with Gasteiger partial charge >= 0.3 is 0 Å². The van der Waals surface area contributed by atoms with Gasteiger partial charge in [-0.2, -0.15) is 0 Å². The van der Waals surface area contributed by atoms with E-state index in [0.717, 1.165) is 11.6 Å². The van der Waals surface area contributed by atoms with Crippen LogP contribution in [0, 0.1) is 20.8 Å². The lowest BCUT2D eigenvalue weighted by molar-refractivity contribution is 0.740. The van der Waals surface area contributed by atoms with E-state index in [1.807, 2.05) is 0 Å². The minimum absolute atomic E-state index is 0.585. The van der Waals surface area contributed by atoms with Gasteiger partial charge in [0.05, 0.1) is 5.69 Å². The summed E-state index contributed by atoms with van der Waals surface area (Å²) in [7, 11) is 0. The second kappa shape index (κ2) is 5.31. The van der Waals surface area contributed by atoms with Gasteiger partial charge in [0.25, 0.3) is 0 Å². The highest BCUT2D eigenvalue weighted by Crippen LogP contribution is 2.24. The van der Waals surface area contributed by atoms with Crippen LogP contribution in [0.2, 0.25) is 0 Å². The summed E-state index contributed by atoms with van der Waals surface area (Å²) in [6.07, 6.45) is 7.31. The van der Waals surface area contributed by atoms with Gasteiger partial charge in [0.1, 0.15) is 0 Å². The zero-order valence-corrected chi connectivity index (χ0v) is 12.6. The van der Waals surface area contributed by atoms with Gasteiger partial charge in [0, 0.05) is 17.9 Å². The van der Waals surface area contributed by atoms with Gasteiger partial charge in [-0.3, -0.25) is 4.57 Å². The van der Waals surface area contributed by atoms with E-state index in [4.69, 9.17) is 0 Å². The standard InChI is InChI=1S/C17H23N3/c1-12-8-13(2)10-16(9-12)20-11-14(3)18-17(20)19-15-6-4-5-7-15/h8-11,15H,4-7H2,1-3H3,(H,18,19). The summed E-state index contributed by atoms with van der Waals surface area (Å²) < 4.78 is 2.19. The lowest BCUT2D eigenvalue weighted by atomic mass is 10.1. The number of hydrogen-bond acceptors (Lipinski definition) is 2. The highest BCUT2D eigenvalue weighted by molar-refractivity contribution is 5.47. The number of aryl methyl sites for hydroxylation is 3. The van der Waals surface area contributed by atoms with Crippen LogP contribution < -0.4 is 5.32 Å². The maximum absolute atomic E-state index is 4.66. The molecule has 1 N–H and O–H groups in total. The Labute approximate surface area is 121 Å². The molecular weight excluding hydrogens is 246 g/mol. The zero-order chi connectivity index (χ0) is 14.1. The Morgan fingerprint density at radius 3 is 2.35 bits per heavy atom. The third kappa shape index (κ3) is 2.72. The molecule has 1 heterocycles. The lowest BCUT2D eigenvalue weighted by Gasteiger charge is -2.15. The highest BCUT2D eigenvalue weighted by Gasteiger charge is 2.17. The van der Waals surface area contributed by atoms with Gasteiger partial charge in [-0.05, 0) is 56.9 Å². The second-order valence-electron chi connectivity index (χ2n) is 6.05. The quantitative estimate of drug-likeness (QED) is 0.907. The second-order valence-corrected chi connectivity index (χ2v) is 6.05. The van der Waals surface area contributed by atoms with Crippen LogP contribution >= 0.6 is 0 Å². The summed E-state index contributed by atoms with van der Waals surface area (Å²) in [5.41, 5.74) is 4.84. The fraction of sp³-hybridized carbons (Fsp3) is 0.471. The number of hydrogen-bond donors (Lipinski definition) is 1. The number of nitrogens with zero attached hydrogens (tertiary/aromatic N) is 2. The predicted molar refractivity (Wildman–Crippen MR) is 83.7 cm³/mol. The molecule has 3 rings (SSSR count). The number of benzene rings is 1. The number of anilines is 1. The molecule has 1 aliphatic carbocycles. The predicted octanol–water partition coefficient (Wildman–Crippen LogP) is 4.15. The van der Waals surface area contributed by atoms with Crippen LogP contribution in [0.3, 0.4) is 0 Å². The molecule has 106 valence electrons. The molecule has 20 heavy (non-hydrogen) atoms. The molecule has 0 atom stereocenters. The smallest absolute Gasteiger partial charge is 0.207 e. The summed E-state index contributed by atoms with van der Waals surface area (Å²) in [4.78, 5) is 4.66. The average Bonchev–Trinajstić information content (AvgIpc) is 2.98. The Bertz CT molecular complexity index is 586. The molecule has 1 saturated carbocycles. The first-order valence-electron chi connectivity index (χ1n) is 7.53. The minimum Gasteiger partial charge on any atom is -0.353 e. The van der Waals surface area contributed by atoms with E-state index in [2.05, 4.69) is 60.0 Å². The van der Waals surface area contributed by atoms with Crippen LogP contribution in [-0.4, -0.2) is 15.6 Å². The maximum atomic E-state index is 4.66. The molecule has 0 amide bonds. The molecule has 0 saturated heterocycles. The van der Waals surface area contributed by atoms with Crippen molar-refractivity contribution in [3.8, 4) is 5.69 Å². The molecule has 1 aliphatic rings. The zero-order valence-electron chi connectivity index (χ0n) is 12.6. The molecule has 0 bridgehead atoms. The Morgan fingerprint density at radius 2 is 1.70 bits per heavy atom. The number of imidazole rings is 1. The topological polar surface area (TPSA) is 29.9 Å². The average molecular weight is 269 g/mol. The van der Waals surface area contributed by atoms with Gasteiger partial charge in [0.15, 0.2) is 0 Å². The summed E-state index contributed by atoms with van der Waals surface area (Å²) in [5.74, 6) is 0.986. The van der Waals surface area contributed by atoms with E-state index in [-0.39, 0.29) is 0 Å². The molecule has 2 aromatic rings. The summed E-state index contributed by atoms with van der Waals surface area (Å²) in [5, 5.41) is 3.62. The molecule has 0 aliphatic heterocycles. The van der Waals surface area contributed by atoms with Crippen LogP contribution in [-0.2, 0) is 0 Å². The van der Waals surface area contributed by atoms with Gasteiger partial charge in [0.2, 0.25) is 5.95 Å². The summed E-state index contributed by atoms with van der Waals surface area (Å²) in [6, 6.07) is 7.22. The van der Waals surface area contributed by atoms with Gasteiger partial charge < -0.3 is 5.32 Å². The van der Waals surface area contributed by atoms with E-state index >= 15 is 0 Å². The first-order chi connectivity index (χ1) is 9.61. The van der Waals surface area contributed by atoms with E-state index in [1.165, 1.54) is 42.5 Å².